The highest BCUT2D eigenvalue weighted by Crippen LogP contribution is 1.93. The van der Waals surface area contributed by atoms with Crippen LogP contribution in [0.4, 0.5) is 5.82 Å². The third-order valence-corrected chi connectivity index (χ3v) is 1.58. The third-order valence-electron chi connectivity index (χ3n) is 1.58. The Balaban J connectivity index is 3.74. The van der Waals surface area contributed by atoms with Gasteiger partial charge in [-0.05, 0) is 6.92 Å². The first-order valence-corrected chi connectivity index (χ1v) is 3.09. The Morgan fingerprint density at radius 3 is 2.55 bits per heavy atom. The topological polar surface area (TPSA) is 80.9 Å². The molecule has 0 unspecified atom stereocenters. The number of nitrogen functional groups attached to an aromatic ring is 1. The summed E-state index contributed by atoms with van der Waals surface area (Å²) in [6.45, 7) is 1.56. The van der Waals surface area contributed by atoms with E-state index in [1.54, 1.807) is 6.92 Å². The van der Waals surface area contributed by atoms with Crippen LogP contribution in [0.5, 0.6) is 0 Å². The van der Waals surface area contributed by atoms with Gasteiger partial charge in [0.05, 0.1) is 5.56 Å². The van der Waals surface area contributed by atoms with Gasteiger partial charge in [0.2, 0.25) is 0 Å². The van der Waals surface area contributed by atoms with Crippen LogP contribution >= 0.6 is 0 Å². The van der Waals surface area contributed by atoms with Crippen molar-refractivity contribution in [2.24, 2.45) is 7.05 Å². The van der Waals surface area contributed by atoms with Gasteiger partial charge in [-0.25, -0.2) is 4.79 Å². The smallest absolute Gasteiger partial charge is 0.329 e. The van der Waals surface area contributed by atoms with Gasteiger partial charge in [0, 0.05) is 7.05 Å². The molecule has 0 aliphatic carbocycles. The molecule has 5 heteroatoms. The number of nitrogens with two attached hydrogens (primary N) is 1. The van der Waals surface area contributed by atoms with Crippen molar-refractivity contribution in [1.82, 2.24) is 9.55 Å². The molecule has 1 aromatic heterocycles. The van der Waals surface area contributed by atoms with Crippen molar-refractivity contribution in [3.8, 4) is 0 Å². The SMILES string of the molecule is Cc1c(N)[nH]c(=O)n(C)c1=O. The second-order valence-electron chi connectivity index (χ2n) is 2.33. The summed E-state index contributed by atoms with van der Waals surface area (Å²) in [6.07, 6.45) is 0. The Bertz CT molecular complexity index is 388. The van der Waals surface area contributed by atoms with E-state index in [4.69, 9.17) is 5.73 Å². The van der Waals surface area contributed by atoms with Crippen LogP contribution in [0, 0.1) is 6.92 Å². The monoisotopic (exact) mass is 155 g/mol. The van der Waals surface area contributed by atoms with Gasteiger partial charge in [0.15, 0.2) is 0 Å². The van der Waals surface area contributed by atoms with Gasteiger partial charge >= 0.3 is 5.69 Å². The number of anilines is 1. The molecule has 1 heterocycles. The Hall–Kier alpha value is -1.52. The molecule has 5 nitrogen and oxygen atoms in total. The molecule has 3 N–H and O–H groups in total. The summed E-state index contributed by atoms with van der Waals surface area (Å²) in [7, 11) is 1.40. The quantitative estimate of drug-likeness (QED) is 0.502. The molecule has 1 aromatic rings. The van der Waals surface area contributed by atoms with Crippen LogP contribution in [0.3, 0.4) is 0 Å². The molecule has 0 aliphatic rings. The maximum atomic E-state index is 11.1. The lowest BCUT2D eigenvalue weighted by Gasteiger charge is -2.00. The number of nitrogens with zero attached hydrogens (tertiary/aromatic N) is 1. The minimum absolute atomic E-state index is 0.137. The summed E-state index contributed by atoms with van der Waals surface area (Å²) >= 11 is 0. The molecule has 0 radical (unpaired) electrons. The molecule has 0 spiro atoms. The van der Waals surface area contributed by atoms with Gasteiger partial charge < -0.3 is 5.73 Å². The lowest BCUT2D eigenvalue weighted by Crippen LogP contribution is -2.34. The molecule has 11 heavy (non-hydrogen) atoms. The molecule has 60 valence electrons. The van der Waals surface area contributed by atoms with Crippen molar-refractivity contribution in [1.29, 1.82) is 0 Å². The van der Waals surface area contributed by atoms with Crippen LogP contribution < -0.4 is 17.0 Å². The van der Waals surface area contributed by atoms with Gasteiger partial charge in [0.1, 0.15) is 5.82 Å². The fourth-order valence-electron chi connectivity index (χ4n) is 0.752. The predicted molar refractivity (Wildman–Crippen MR) is 41.5 cm³/mol. The van der Waals surface area contributed by atoms with Crippen molar-refractivity contribution in [3.05, 3.63) is 26.4 Å². The van der Waals surface area contributed by atoms with Crippen LogP contribution in [-0.2, 0) is 7.05 Å². The molecule has 0 aliphatic heterocycles. The summed E-state index contributed by atoms with van der Waals surface area (Å²) in [6, 6.07) is 0. The van der Waals surface area contributed by atoms with E-state index in [9.17, 15) is 9.59 Å². The number of aromatic amines is 1. The fraction of sp³-hybridized carbons (Fsp3) is 0.333. The highest BCUT2D eigenvalue weighted by molar-refractivity contribution is 5.34. The highest BCUT2D eigenvalue weighted by atomic mass is 16.2. The largest absolute Gasteiger partial charge is 0.385 e. The predicted octanol–water partition coefficient (Wildman–Crippen LogP) is -1.04. The zero-order chi connectivity index (χ0) is 8.59. The maximum absolute atomic E-state index is 11.1. The van der Waals surface area contributed by atoms with Gasteiger partial charge in [0.25, 0.3) is 5.56 Å². The molecule has 0 saturated carbocycles. The molecule has 0 fully saturated rings. The zero-order valence-electron chi connectivity index (χ0n) is 6.34. The number of hydrogen-bond donors (Lipinski definition) is 2. The maximum Gasteiger partial charge on any atom is 0.329 e. The number of rotatable bonds is 0. The number of aromatic nitrogens is 2. The van der Waals surface area contributed by atoms with Crippen molar-refractivity contribution < 1.29 is 0 Å². The Morgan fingerprint density at radius 2 is 2.00 bits per heavy atom. The summed E-state index contributed by atoms with van der Waals surface area (Å²) in [5, 5.41) is 0. The summed E-state index contributed by atoms with van der Waals surface area (Å²) < 4.78 is 0.978. The summed E-state index contributed by atoms with van der Waals surface area (Å²) in [5.74, 6) is 0.137. The van der Waals surface area contributed by atoms with E-state index in [-0.39, 0.29) is 11.4 Å². The Labute approximate surface area is 62.5 Å². The summed E-state index contributed by atoms with van der Waals surface area (Å²) in [5.41, 5.74) is 4.85. The normalized spacial score (nSPS) is 10.0. The first kappa shape index (κ1) is 7.59. The van der Waals surface area contributed by atoms with E-state index < -0.39 is 5.69 Å². The van der Waals surface area contributed by atoms with E-state index in [1.165, 1.54) is 7.05 Å². The fourth-order valence-corrected chi connectivity index (χ4v) is 0.752. The Morgan fingerprint density at radius 1 is 1.45 bits per heavy atom. The molecule has 0 amide bonds. The van der Waals surface area contributed by atoms with Gasteiger partial charge in [-0.1, -0.05) is 0 Å². The second kappa shape index (κ2) is 2.26. The number of H-pyrrole nitrogens is 1. The van der Waals surface area contributed by atoms with Gasteiger partial charge in [-0.3, -0.25) is 14.3 Å². The standard InChI is InChI=1S/C6H9N3O2/c1-3-4(7)8-6(11)9(2)5(3)10/h7H2,1-2H3,(H,8,11). The summed E-state index contributed by atoms with van der Waals surface area (Å²) in [4.78, 5) is 24.2. The van der Waals surface area contributed by atoms with E-state index in [0.717, 1.165) is 4.57 Å². The minimum atomic E-state index is -0.488. The molecule has 0 atom stereocenters. The first-order valence-electron chi connectivity index (χ1n) is 3.09. The number of nitrogens with one attached hydrogen (secondary N) is 1. The second-order valence-corrected chi connectivity index (χ2v) is 2.33. The molecule has 0 saturated heterocycles. The van der Waals surface area contributed by atoms with Crippen LogP contribution in [0.1, 0.15) is 5.56 Å². The van der Waals surface area contributed by atoms with Crippen LogP contribution in [0.25, 0.3) is 0 Å². The van der Waals surface area contributed by atoms with Crippen LogP contribution in [0.2, 0.25) is 0 Å². The van der Waals surface area contributed by atoms with Gasteiger partial charge in [-0.2, -0.15) is 0 Å². The first-order chi connectivity index (χ1) is 5.04. The van der Waals surface area contributed by atoms with Crippen molar-refractivity contribution in [2.45, 2.75) is 6.92 Å². The lowest BCUT2D eigenvalue weighted by atomic mass is 10.3. The van der Waals surface area contributed by atoms with Crippen molar-refractivity contribution in [3.63, 3.8) is 0 Å². The van der Waals surface area contributed by atoms with E-state index in [0.29, 0.717) is 5.56 Å². The lowest BCUT2D eigenvalue weighted by molar-refractivity contribution is 0.769. The molecular weight excluding hydrogens is 146 g/mol. The van der Waals surface area contributed by atoms with Crippen LogP contribution in [0.15, 0.2) is 9.59 Å². The average molecular weight is 155 g/mol. The number of hydrogen-bond acceptors (Lipinski definition) is 3. The molecule has 0 bridgehead atoms. The van der Waals surface area contributed by atoms with E-state index >= 15 is 0 Å². The van der Waals surface area contributed by atoms with Crippen molar-refractivity contribution >= 4 is 5.82 Å². The van der Waals surface area contributed by atoms with Crippen LogP contribution in [-0.4, -0.2) is 9.55 Å². The van der Waals surface area contributed by atoms with E-state index in [1.807, 2.05) is 0 Å². The van der Waals surface area contributed by atoms with Gasteiger partial charge in [-0.15, -0.1) is 0 Å². The van der Waals surface area contributed by atoms with E-state index in [2.05, 4.69) is 4.98 Å². The molecule has 1 rings (SSSR count). The average Bonchev–Trinajstić information content (AvgIpc) is 1.97. The Kier molecular flexibility index (Phi) is 1.56. The third kappa shape index (κ3) is 1.04. The molecular formula is C6H9N3O2. The highest BCUT2D eigenvalue weighted by Gasteiger charge is 2.02. The minimum Gasteiger partial charge on any atom is -0.385 e. The molecule has 0 aromatic carbocycles. The zero-order valence-corrected chi connectivity index (χ0v) is 6.34. The van der Waals surface area contributed by atoms with Crippen molar-refractivity contribution in [2.75, 3.05) is 5.73 Å².